The molecule has 1 heterocycles. The number of likely N-dealkylation sites (tertiary alicyclic amines) is 1. The maximum absolute atomic E-state index is 5.64. The Balaban J connectivity index is 1.93. The summed E-state index contributed by atoms with van der Waals surface area (Å²) in [6.07, 6.45) is 3.69. The van der Waals surface area contributed by atoms with Gasteiger partial charge in [-0.15, -0.1) is 0 Å². The van der Waals surface area contributed by atoms with E-state index in [0.717, 1.165) is 43.6 Å². The quantitative estimate of drug-likeness (QED) is 0.867. The van der Waals surface area contributed by atoms with E-state index in [1.165, 1.54) is 24.8 Å². The highest BCUT2D eigenvalue weighted by molar-refractivity contribution is 5.38. The molecule has 1 aromatic rings. The van der Waals surface area contributed by atoms with Crippen molar-refractivity contribution in [2.75, 3.05) is 33.9 Å². The van der Waals surface area contributed by atoms with Crippen LogP contribution in [0.15, 0.2) is 18.2 Å². The molecule has 0 amide bonds. The summed E-state index contributed by atoms with van der Waals surface area (Å²) < 4.78 is 10.6. The molecule has 1 aromatic carbocycles. The van der Waals surface area contributed by atoms with E-state index in [1.807, 2.05) is 6.07 Å². The van der Waals surface area contributed by atoms with Crippen LogP contribution in [0.2, 0.25) is 0 Å². The number of methoxy groups -OCH3 is 2. The highest BCUT2D eigenvalue weighted by atomic mass is 16.5. The summed E-state index contributed by atoms with van der Waals surface area (Å²) in [7, 11) is 3.38. The van der Waals surface area contributed by atoms with Crippen LogP contribution < -0.4 is 15.2 Å². The molecule has 2 N–H and O–H groups in total. The van der Waals surface area contributed by atoms with E-state index in [2.05, 4.69) is 17.0 Å². The Bertz CT molecular complexity index is 393. The lowest BCUT2D eigenvalue weighted by Gasteiger charge is -2.31. The summed E-state index contributed by atoms with van der Waals surface area (Å²) >= 11 is 0. The summed E-state index contributed by atoms with van der Waals surface area (Å²) in [6, 6.07) is 6.10. The zero-order chi connectivity index (χ0) is 14.4. The lowest BCUT2D eigenvalue weighted by atomic mass is 9.93. The maximum Gasteiger partial charge on any atom is 0.122 e. The van der Waals surface area contributed by atoms with Gasteiger partial charge < -0.3 is 15.2 Å². The first-order chi connectivity index (χ1) is 9.75. The molecular formula is C16H26N2O2. The Morgan fingerprint density at radius 1 is 1.10 bits per heavy atom. The van der Waals surface area contributed by atoms with E-state index < -0.39 is 0 Å². The van der Waals surface area contributed by atoms with Gasteiger partial charge in [0.15, 0.2) is 0 Å². The number of benzene rings is 1. The second-order valence-electron chi connectivity index (χ2n) is 5.52. The van der Waals surface area contributed by atoms with Crippen molar-refractivity contribution < 1.29 is 9.47 Å². The Kier molecular flexibility index (Phi) is 5.68. The highest BCUT2D eigenvalue weighted by Gasteiger charge is 2.18. The Labute approximate surface area is 121 Å². The molecular weight excluding hydrogens is 252 g/mol. The van der Waals surface area contributed by atoms with Gasteiger partial charge in [0.1, 0.15) is 11.5 Å². The maximum atomic E-state index is 5.64. The van der Waals surface area contributed by atoms with E-state index in [-0.39, 0.29) is 0 Å². The van der Waals surface area contributed by atoms with Crippen molar-refractivity contribution in [3.05, 3.63) is 23.8 Å². The van der Waals surface area contributed by atoms with Gasteiger partial charge in [-0.2, -0.15) is 0 Å². The van der Waals surface area contributed by atoms with E-state index in [4.69, 9.17) is 15.2 Å². The van der Waals surface area contributed by atoms with Crippen LogP contribution in [-0.4, -0.2) is 38.8 Å². The highest BCUT2D eigenvalue weighted by Crippen LogP contribution is 2.25. The molecule has 2 rings (SSSR count). The second kappa shape index (κ2) is 7.50. The van der Waals surface area contributed by atoms with Gasteiger partial charge in [-0.25, -0.2) is 0 Å². The lowest BCUT2D eigenvalue weighted by Crippen LogP contribution is -2.33. The van der Waals surface area contributed by atoms with Crippen molar-refractivity contribution in [3.63, 3.8) is 0 Å². The zero-order valence-electron chi connectivity index (χ0n) is 12.6. The third-order valence-corrected chi connectivity index (χ3v) is 4.10. The number of piperidine rings is 1. The first kappa shape index (κ1) is 15.1. The van der Waals surface area contributed by atoms with Crippen molar-refractivity contribution in [1.82, 2.24) is 4.90 Å². The first-order valence-electron chi connectivity index (χ1n) is 7.39. The molecule has 4 heteroatoms. The third-order valence-electron chi connectivity index (χ3n) is 4.10. The average molecular weight is 278 g/mol. The predicted molar refractivity (Wildman–Crippen MR) is 81.2 cm³/mol. The van der Waals surface area contributed by atoms with Crippen LogP contribution in [0.1, 0.15) is 24.8 Å². The molecule has 0 radical (unpaired) electrons. The molecule has 0 spiro atoms. The summed E-state index contributed by atoms with van der Waals surface area (Å²) in [4.78, 5) is 2.50. The fourth-order valence-electron chi connectivity index (χ4n) is 2.88. The second-order valence-corrected chi connectivity index (χ2v) is 5.52. The van der Waals surface area contributed by atoms with E-state index >= 15 is 0 Å². The fraction of sp³-hybridized carbons (Fsp3) is 0.625. The van der Waals surface area contributed by atoms with Gasteiger partial charge >= 0.3 is 0 Å². The Hall–Kier alpha value is -1.26. The normalized spacial score (nSPS) is 17.1. The SMILES string of the molecule is COc1cc(CN2CCC(CCN)CC2)cc(OC)c1. The van der Waals surface area contributed by atoms with Gasteiger partial charge in [0.2, 0.25) is 0 Å². The molecule has 0 bridgehead atoms. The molecule has 4 nitrogen and oxygen atoms in total. The van der Waals surface area contributed by atoms with Crippen molar-refractivity contribution in [3.8, 4) is 11.5 Å². The summed E-state index contributed by atoms with van der Waals surface area (Å²) in [5.74, 6) is 2.53. The minimum absolute atomic E-state index is 0.816. The summed E-state index contributed by atoms with van der Waals surface area (Å²) in [5.41, 5.74) is 6.89. The molecule has 0 aliphatic carbocycles. The summed E-state index contributed by atoms with van der Waals surface area (Å²) in [5, 5.41) is 0. The van der Waals surface area contributed by atoms with Crippen LogP contribution >= 0.6 is 0 Å². The Morgan fingerprint density at radius 2 is 1.70 bits per heavy atom. The van der Waals surface area contributed by atoms with Gasteiger partial charge in [0.25, 0.3) is 0 Å². The number of nitrogens with two attached hydrogens (primary N) is 1. The average Bonchev–Trinajstić information content (AvgIpc) is 2.49. The smallest absolute Gasteiger partial charge is 0.122 e. The molecule has 0 unspecified atom stereocenters. The number of rotatable bonds is 6. The minimum Gasteiger partial charge on any atom is -0.497 e. The largest absolute Gasteiger partial charge is 0.497 e. The van der Waals surface area contributed by atoms with Gasteiger partial charge in [-0.05, 0) is 62.5 Å². The van der Waals surface area contributed by atoms with Crippen LogP contribution in [0.5, 0.6) is 11.5 Å². The van der Waals surface area contributed by atoms with Crippen LogP contribution in [0.3, 0.4) is 0 Å². The summed E-state index contributed by atoms with van der Waals surface area (Å²) in [6.45, 7) is 4.09. The first-order valence-corrected chi connectivity index (χ1v) is 7.39. The number of hydrogen-bond acceptors (Lipinski definition) is 4. The molecule has 20 heavy (non-hydrogen) atoms. The lowest BCUT2D eigenvalue weighted by molar-refractivity contribution is 0.173. The molecule has 1 aliphatic rings. The number of ether oxygens (including phenoxy) is 2. The van der Waals surface area contributed by atoms with Crippen LogP contribution in [0, 0.1) is 5.92 Å². The zero-order valence-corrected chi connectivity index (χ0v) is 12.6. The molecule has 1 saturated heterocycles. The molecule has 1 fully saturated rings. The molecule has 1 aliphatic heterocycles. The van der Waals surface area contributed by atoms with Crippen molar-refractivity contribution >= 4 is 0 Å². The van der Waals surface area contributed by atoms with Gasteiger partial charge in [0, 0.05) is 12.6 Å². The van der Waals surface area contributed by atoms with E-state index in [1.54, 1.807) is 14.2 Å². The molecule has 0 saturated carbocycles. The standard InChI is InChI=1S/C16H26N2O2/c1-19-15-9-14(10-16(11-15)20-2)12-18-7-4-13(3-6-17)5-8-18/h9-11,13H,3-8,12,17H2,1-2H3. The minimum atomic E-state index is 0.816. The van der Waals surface area contributed by atoms with Gasteiger partial charge in [-0.1, -0.05) is 0 Å². The Morgan fingerprint density at radius 3 is 2.20 bits per heavy atom. The van der Waals surface area contributed by atoms with Crippen molar-refractivity contribution in [1.29, 1.82) is 0 Å². The number of nitrogens with zero attached hydrogens (tertiary/aromatic N) is 1. The molecule has 0 atom stereocenters. The number of hydrogen-bond donors (Lipinski definition) is 1. The predicted octanol–water partition coefficient (Wildman–Crippen LogP) is 2.26. The van der Waals surface area contributed by atoms with Crippen molar-refractivity contribution in [2.45, 2.75) is 25.8 Å². The van der Waals surface area contributed by atoms with Crippen molar-refractivity contribution in [2.24, 2.45) is 11.7 Å². The molecule has 112 valence electrons. The van der Waals surface area contributed by atoms with E-state index in [0.29, 0.717) is 0 Å². The fourth-order valence-corrected chi connectivity index (χ4v) is 2.88. The van der Waals surface area contributed by atoms with Gasteiger partial charge in [-0.3, -0.25) is 4.90 Å². The topological polar surface area (TPSA) is 47.7 Å². The van der Waals surface area contributed by atoms with E-state index in [9.17, 15) is 0 Å². The van der Waals surface area contributed by atoms with Crippen LogP contribution in [0.25, 0.3) is 0 Å². The molecule has 0 aromatic heterocycles. The van der Waals surface area contributed by atoms with Crippen LogP contribution in [-0.2, 0) is 6.54 Å². The third kappa shape index (κ3) is 4.12. The van der Waals surface area contributed by atoms with Crippen LogP contribution in [0.4, 0.5) is 0 Å². The van der Waals surface area contributed by atoms with Gasteiger partial charge in [0.05, 0.1) is 14.2 Å². The monoisotopic (exact) mass is 278 g/mol.